The molecule has 0 bridgehead atoms. The third-order valence-electron chi connectivity index (χ3n) is 2.61. The van der Waals surface area contributed by atoms with Crippen LogP contribution in [0.2, 0.25) is 0 Å². The Morgan fingerprint density at radius 3 is 2.67 bits per heavy atom. The maximum absolute atomic E-state index is 13.0. The fourth-order valence-electron chi connectivity index (χ4n) is 1.71. The summed E-state index contributed by atoms with van der Waals surface area (Å²) >= 11 is 1.07. The minimum atomic E-state index is -4.57. The fraction of sp³-hybridized carbons (Fsp3) is 0.214. The Morgan fingerprint density at radius 1 is 1.33 bits per heavy atom. The number of aromatic nitrogens is 2. The van der Waals surface area contributed by atoms with E-state index in [-0.39, 0.29) is 10.7 Å². The molecule has 0 spiro atoms. The van der Waals surface area contributed by atoms with E-state index in [1.54, 1.807) is 30.5 Å². The molecule has 2 heterocycles. The van der Waals surface area contributed by atoms with E-state index in [0.29, 0.717) is 11.4 Å². The second-order valence-corrected chi connectivity index (χ2v) is 5.17. The molecular formula is C14H10F3N3S. The van der Waals surface area contributed by atoms with Gasteiger partial charge in [0.25, 0.3) is 0 Å². The second kappa shape index (κ2) is 6.14. The summed E-state index contributed by atoms with van der Waals surface area (Å²) in [5.41, 5.74) is -0.442. The van der Waals surface area contributed by atoms with Gasteiger partial charge >= 0.3 is 6.18 Å². The normalized spacial score (nSPS) is 11.2. The molecule has 0 amide bonds. The molecule has 0 fully saturated rings. The molecule has 3 nitrogen and oxygen atoms in total. The number of pyridine rings is 2. The largest absolute Gasteiger partial charge is 0.417 e. The molecule has 0 atom stereocenters. The molecule has 0 saturated heterocycles. The molecule has 0 aliphatic rings. The molecule has 21 heavy (non-hydrogen) atoms. The van der Waals surface area contributed by atoms with Gasteiger partial charge in [-0.25, -0.2) is 4.98 Å². The molecule has 108 valence electrons. The first-order valence-corrected chi connectivity index (χ1v) is 6.92. The Hall–Kier alpha value is -2.07. The van der Waals surface area contributed by atoms with Crippen LogP contribution in [-0.2, 0) is 11.9 Å². The number of aryl methyl sites for hydroxylation is 1. The van der Waals surface area contributed by atoms with Gasteiger partial charge in [0.15, 0.2) is 0 Å². The van der Waals surface area contributed by atoms with E-state index in [9.17, 15) is 13.2 Å². The molecule has 2 aromatic heterocycles. The average Bonchev–Trinajstić information content (AvgIpc) is 2.44. The second-order valence-electron chi connectivity index (χ2n) is 4.21. The van der Waals surface area contributed by atoms with Gasteiger partial charge in [-0.1, -0.05) is 17.8 Å². The van der Waals surface area contributed by atoms with Crippen molar-refractivity contribution in [2.24, 2.45) is 0 Å². The molecule has 0 radical (unpaired) electrons. The highest BCUT2D eigenvalue weighted by atomic mass is 32.2. The number of halogens is 3. The molecule has 0 N–H and O–H groups in total. The van der Waals surface area contributed by atoms with Gasteiger partial charge in [0.05, 0.1) is 16.8 Å². The van der Waals surface area contributed by atoms with Gasteiger partial charge in [-0.05, 0) is 25.1 Å². The van der Waals surface area contributed by atoms with E-state index in [4.69, 9.17) is 5.26 Å². The van der Waals surface area contributed by atoms with Crippen LogP contribution in [0.3, 0.4) is 0 Å². The van der Waals surface area contributed by atoms with Gasteiger partial charge in [0, 0.05) is 17.6 Å². The number of nitriles is 1. The standard InChI is InChI=1S/C14H10F3N3S/c1-9-6-12(14(15,16)17)11(7-18)13(20-9)21-8-10-4-2-3-5-19-10/h2-6H,8H2,1H3. The Kier molecular flexibility index (Phi) is 4.48. The van der Waals surface area contributed by atoms with E-state index in [0.717, 1.165) is 17.8 Å². The zero-order valence-electron chi connectivity index (χ0n) is 11.0. The van der Waals surface area contributed by atoms with Crippen LogP contribution in [-0.4, -0.2) is 9.97 Å². The third-order valence-corrected chi connectivity index (χ3v) is 3.62. The van der Waals surface area contributed by atoms with Crippen LogP contribution >= 0.6 is 11.8 Å². The summed E-state index contributed by atoms with van der Waals surface area (Å²) in [7, 11) is 0. The summed E-state index contributed by atoms with van der Waals surface area (Å²) in [6.07, 6.45) is -2.97. The topological polar surface area (TPSA) is 49.6 Å². The van der Waals surface area contributed by atoms with Crippen molar-refractivity contribution in [3.05, 3.63) is 53.0 Å². The number of nitrogens with zero attached hydrogens (tertiary/aromatic N) is 3. The van der Waals surface area contributed by atoms with Gasteiger partial charge in [-0.2, -0.15) is 18.4 Å². The lowest BCUT2D eigenvalue weighted by atomic mass is 10.1. The first-order chi connectivity index (χ1) is 9.91. The third kappa shape index (κ3) is 3.73. The summed E-state index contributed by atoms with van der Waals surface area (Å²) in [5.74, 6) is 0.350. The van der Waals surface area contributed by atoms with Gasteiger partial charge in [-0.15, -0.1) is 0 Å². The zero-order chi connectivity index (χ0) is 15.5. The molecule has 0 aliphatic carbocycles. The van der Waals surface area contributed by atoms with Crippen molar-refractivity contribution in [2.75, 3.05) is 0 Å². The highest BCUT2D eigenvalue weighted by molar-refractivity contribution is 7.98. The molecule has 2 aromatic rings. The van der Waals surface area contributed by atoms with Gasteiger partial charge < -0.3 is 0 Å². The molecule has 7 heteroatoms. The first kappa shape index (κ1) is 15.3. The lowest BCUT2D eigenvalue weighted by molar-refractivity contribution is -0.138. The summed E-state index contributed by atoms with van der Waals surface area (Å²) in [4.78, 5) is 8.14. The van der Waals surface area contributed by atoms with Crippen LogP contribution in [0, 0.1) is 18.3 Å². The zero-order valence-corrected chi connectivity index (χ0v) is 11.8. The van der Waals surface area contributed by atoms with Crippen LogP contribution in [0.15, 0.2) is 35.5 Å². The maximum atomic E-state index is 13.0. The first-order valence-electron chi connectivity index (χ1n) is 5.93. The monoisotopic (exact) mass is 309 g/mol. The Labute approximate surface area is 123 Å². The Morgan fingerprint density at radius 2 is 2.10 bits per heavy atom. The molecule has 0 aromatic carbocycles. The van der Waals surface area contributed by atoms with E-state index < -0.39 is 17.3 Å². The van der Waals surface area contributed by atoms with Crippen LogP contribution in [0.1, 0.15) is 22.5 Å². The number of hydrogen-bond acceptors (Lipinski definition) is 4. The lowest BCUT2D eigenvalue weighted by Gasteiger charge is -2.12. The highest BCUT2D eigenvalue weighted by Gasteiger charge is 2.35. The number of rotatable bonds is 3. The minimum Gasteiger partial charge on any atom is -0.260 e. The predicted octanol–water partition coefficient (Wildman–Crippen LogP) is 3.97. The Bertz CT molecular complexity index is 678. The number of alkyl halides is 3. The van der Waals surface area contributed by atoms with Crippen molar-refractivity contribution < 1.29 is 13.2 Å². The van der Waals surface area contributed by atoms with E-state index >= 15 is 0 Å². The van der Waals surface area contributed by atoms with Gasteiger partial charge in [-0.3, -0.25) is 4.98 Å². The molecular weight excluding hydrogens is 299 g/mol. The quantitative estimate of drug-likeness (QED) is 0.805. The maximum Gasteiger partial charge on any atom is 0.417 e. The highest BCUT2D eigenvalue weighted by Crippen LogP contribution is 2.36. The van der Waals surface area contributed by atoms with Crippen molar-refractivity contribution in [1.29, 1.82) is 5.26 Å². The summed E-state index contributed by atoms with van der Waals surface area (Å²) in [5, 5.41) is 9.11. The summed E-state index contributed by atoms with van der Waals surface area (Å²) in [6, 6.07) is 7.81. The fourth-order valence-corrected chi connectivity index (χ4v) is 2.67. The molecule has 0 saturated carbocycles. The smallest absolute Gasteiger partial charge is 0.260 e. The molecule has 0 aliphatic heterocycles. The van der Waals surface area contributed by atoms with E-state index in [2.05, 4.69) is 9.97 Å². The number of thioether (sulfide) groups is 1. The van der Waals surface area contributed by atoms with Crippen LogP contribution in [0.4, 0.5) is 13.2 Å². The van der Waals surface area contributed by atoms with Crippen molar-refractivity contribution >= 4 is 11.8 Å². The summed E-state index contributed by atoms with van der Waals surface area (Å²) < 4.78 is 38.9. The van der Waals surface area contributed by atoms with Crippen LogP contribution in [0.25, 0.3) is 0 Å². The summed E-state index contributed by atoms with van der Waals surface area (Å²) in [6.45, 7) is 1.47. The van der Waals surface area contributed by atoms with Crippen LogP contribution < -0.4 is 0 Å². The molecule has 0 unspecified atom stereocenters. The number of hydrogen-bond donors (Lipinski definition) is 0. The van der Waals surface area contributed by atoms with Gasteiger partial charge in [0.1, 0.15) is 11.1 Å². The van der Waals surface area contributed by atoms with Gasteiger partial charge in [0.2, 0.25) is 0 Å². The van der Waals surface area contributed by atoms with Crippen molar-refractivity contribution in [3.63, 3.8) is 0 Å². The SMILES string of the molecule is Cc1cc(C(F)(F)F)c(C#N)c(SCc2ccccn2)n1. The van der Waals surface area contributed by atoms with E-state index in [1.165, 1.54) is 6.92 Å². The minimum absolute atomic E-state index is 0.0791. The van der Waals surface area contributed by atoms with E-state index in [1.807, 2.05) is 0 Å². The lowest BCUT2D eigenvalue weighted by Crippen LogP contribution is -2.10. The van der Waals surface area contributed by atoms with Crippen molar-refractivity contribution in [1.82, 2.24) is 9.97 Å². The van der Waals surface area contributed by atoms with Crippen molar-refractivity contribution in [3.8, 4) is 6.07 Å². The Balaban J connectivity index is 2.35. The molecule has 2 rings (SSSR count). The van der Waals surface area contributed by atoms with Crippen molar-refractivity contribution in [2.45, 2.75) is 23.9 Å². The average molecular weight is 309 g/mol. The van der Waals surface area contributed by atoms with Crippen LogP contribution in [0.5, 0.6) is 0 Å². The predicted molar refractivity (Wildman–Crippen MR) is 72.5 cm³/mol.